The van der Waals surface area contributed by atoms with Gasteiger partial charge >= 0.3 is 0 Å². The molecule has 0 aromatic rings. The van der Waals surface area contributed by atoms with Crippen LogP contribution in [-0.2, 0) is 9.59 Å². The maximum atomic E-state index is 11.4. The number of carbonyl (C=O) groups is 2. The van der Waals surface area contributed by atoms with Crippen LogP contribution in [0.25, 0.3) is 0 Å². The molecule has 1 aliphatic rings. The van der Waals surface area contributed by atoms with Crippen molar-refractivity contribution in [2.45, 2.75) is 31.7 Å². The number of nitrogens with one attached hydrogen (secondary N) is 2. The number of carbonyl (C=O) groups excluding carboxylic acids is 2. The Hall–Kier alpha value is -1.10. The number of hydrogen-bond donors (Lipinski definition) is 3. The van der Waals surface area contributed by atoms with Crippen LogP contribution in [0.2, 0.25) is 0 Å². The van der Waals surface area contributed by atoms with Crippen molar-refractivity contribution in [3.8, 4) is 0 Å². The molecule has 1 aliphatic carbocycles. The molecule has 2 amide bonds. The fourth-order valence-electron chi connectivity index (χ4n) is 1.38. The summed E-state index contributed by atoms with van der Waals surface area (Å²) in [7, 11) is 0. The normalized spacial score (nSPS) is 18.1. The van der Waals surface area contributed by atoms with E-state index in [0.29, 0.717) is 13.1 Å². The Labute approximate surface area is 83.4 Å². The molecule has 0 saturated heterocycles. The molecule has 0 aromatic carbocycles. The molecule has 4 N–H and O–H groups in total. The second-order valence-corrected chi connectivity index (χ2v) is 3.75. The molecule has 1 saturated carbocycles. The zero-order chi connectivity index (χ0) is 10.6. The predicted octanol–water partition coefficient (Wildman–Crippen LogP) is -0.880. The Morgan fingerprint density at radius 2 is 1.86 bits per heavy atom. The van der Waals surface area contributed by atoms with Gasteiger partial charge in [0.05, 0.1) is 5.54 Å². The summed E-state index contributed by atoms with van der Waals surface area (Å²) < 4.78 is 0. The Bertz CT molecular complexity index is 236. The minimum atomic E-state index is -0.643. The van der Waals surface area contributed by atoms with E-state index in [4.69, 9.17) is 5.73 Å². The molecule has 1 rings (SSSR count). The quantitative estimate of drug-likeness (QED) is 0.514. The molecule has 5 nitrogen and oxygen atoms in total. The van der Waals surface area contributed by atoms with E-state index < -0.39 is 5.54 Å². The zero-order valence-electron chi connectivity index (χ0n) is 8.43. The van der Waals surface area contributed by atoms with E-state index in [9.17, 15) is 9.59 Å². The third-order valence-corrected chi connectivity index (χ3v) is 2.48. The maximum Gasteiger partial charge on any atom is 0.240 e. The molecule has 1 fully saturated rings. The predicted molar refractivity (Wildman–Crippen MR) is 52.5 cm³/mol. The largest absolute Gasteiger partial charge is 0.355 e. The second-order valence-electron chi connectivity index (χ2n) is 3.75. The summed E-state index contributed by atoms with van der Waals surface area (Å²) in [6.07, 6.45) is 2.55. The van der Waals surface area contributed by atoms with E-state index in [1.165, 1.54) is 6.92 Å². The second kappa shape index (κ2) is 4.41. The minimum absolute atomic E-state index is 0.0923. The fourth-order valence-corrected chi connectivity index (χ4v) is 1.38. The first kappa shape index (κ1) is 11.0. The molecule has 0 bridgehead atoms. The molecule has 0 spiro atoms. The Kier molecular flexibility index (Phi) is 3.46. The smallest absolute Gasteiger partial charge is 0.240 e. The summed E-state index contributed by atoms with van der Waals surface area (Å²) >= 11 is 0. The highest BCUT2D eigenvalue weighted by Crippen LogP contribution is 2.28. The first-order chi connectivity index (χ1) is 6.54. The van der Waals surface area contributed by atoms with Crippen molar-refractivity contribution < 1.29 is 9.59 Å². The third kappa shape index (κ3) is 2.70. The monoisotopic (exact) mass is 199 g/mol. The van der Waals surface area contributed by atoms with Gasteiger partial charge in [-0.15, -0.1) is 0 Å². The van der Waals surface area contributed by atoms with Crippen LogP contribution in [0.15, 0.2) is 0 Å². The highest BCUT2D eigenvalue weighted by atomic mass is 16.2. The third-order valence-electron chi connectivity index (χ3n) is 2.48. The molecular formula is C9H17N3O2. The van der Waals surface area contributed by atoms with Crippen LogP contribution in [0.4, 0.5) is 0 Å². The molecule has 0 heterocycles. The van der Waals surface area contributed by atoms with E-state index in [-0.39, 0.29) is 11.8 Å². The number of nitrogens with two attached hydrogens (primary N) is 1. The van der Waals surface area contributed by atoms with Crippen LogP contribution in [0.3, 0.4) is 0 Å². The van der Waals surface area contributed by atoms with Gasteiger partial charge < -0.3 is 16.4 Å². The van der Waals surface area contributed by atoms with Gasteiger partial charge in [0.1, 0.15) is 0 Å². The molecule has 0 aromatic heterocycles. The van der Waals surface area contributed by atoms with Gasteiger partial charge in [-0.1, -0.05) is 0 Å². The molecule has 80 valence electrons. The molecule has 14 heavy (non-hydrogen) atoms. The van der Waals surface area contributed by atoms with E-state index in [2.05, 4.69) is 10.6 Å². The van der Waals surface area contributed by atoms with E-state index in [1.54, 1.807) is 0 Å². The average molecular weight is 199 g/mol. The Morgan fingerprint density at radius 1 is 1.29 bits per heavy atom. The van der Waals surface area contributed by atoms with Crippen molar-refractivity contribution in [3.05, 3.63) is 0 Å². The van der Waals surface area contributed by atoms with Crippen LogP contribution in [-0.4, -0.2) is 30.4 Å². The van der Waals surface area contributed by atoms with Crippen molar-refractivity contribution in [1.82, 2.24) is 10.6 Å². The standard InChI is InChI=1S/C9H17N3O2/c1-7(13)11-5-6-12-8(14)9(10)3-2-4-9/h2-6,10H2,1H3,(H,11,13)(H,12,14). The molecular weight excluding hydrogens is 182 g/mol. The molecule has 0 atom stereocenters. The SMILES string of the molecule is CC(=O)NCCNC(=O)C1(N)CCC1. The van der Waals surface area contributed by atoms with Crippen molar-refractivity contribution >= 4 is 11.8 Å². The number of hydrogen-bond acceptors (Lipinski definition) is 3. The van der Waals surface area contributed by atoms with Crippen LogP contribution in [0.1, 0.15) is 26.2 Å². The zero-order valence-corrected chi connectivity index (χ0v) is 8.43. The highest BCUT2D eigenvalue weighted by molar-refractivity contribution is 5.87. The summed E-state index contributed by atoms with van der Waals surface area (Å²) in [5.41, 5.74) is 5.15. The van der Waals surface area contributed by atoms with Gasteiger partial charge in [0.25, 0.3) is 0 Å². The van der Waals surface area contributed by atoms with Crippen LogP contribution < -0.4 is 16.4 Å². The van der Waals surface area contributed by atoms with E-state index in [1.807, 2.05) is 0 Å². The van der Waals surface area contributed by atoms with Crippen molar-refractivity contribution in [3.63, 3.8) is 0 Å². The summed E-state index contributed by atoms with van der Waals surface area (Å²) in [4.78, 5) is 21.9. The van der Waals surface area contributed by atoms with Crippen molar-refractivity contribution in [2.75, 3.05) is 13.1 Å². The lowest BCUT2D eigenvalue weighted by molar-refractivity contribution is -0.129. The topological polar surface area (TPSA) is 84.2 Å². The summed E-state index contributed by atoms with van der Waals surface area (Å²) in [5.74, 6) is -0.195. The van der Waals surface area contributed by atoms with Gasteiger partial charge in [0, 0.05) is 20.0 Å². The van der Waals surface area contributed by atoms with E-state index in [0.717, 1.165) is 19.3 Å². The summed E-state index contributed by atoms with van der Waals surface area (Å²) in [6, 6.07) is 0. The van der Waals surface area contributed by atoms with Gasteiger partial charge in [0.15, 0.2) is 0 Å². The fraction of sp³-hybridized carbons (Fsp3) is 0.778. The molecule has 5 heteroatoms. The maximum absolute atomic E-state index is 11.4. The lowest BCUT2D eigenvalue weighted by Crippen LogP contribution is -2.59. The molecule has 0 aliphatic heterocycles. The average Bonchev–Trinajstić information content (AvgIpc) is 2.07. The van der Waals surface area contributed by atoms with Crippen LogP contribution in [0, 0.1) is 0 Å². The van der Waals surface area contributed by atoms with Gasteiger partial charge in [-0.3, -0.25) is 9.59 Å². The van der Waals surface area contributed by atoms with Crippen LogP contribution >= 0.6 is 0 Å². The highest BCUT2D eigenvalue weighted by Gasteiger charge is 2.39. The summed E-state index contributed by atoms with van der Waals surface area (Å²) in [5, 5.41) is 5.30. The van der Waals surface area contributed by atoms with E-state index >= 15 is 0 Å². The van der Waals surface area contributed by atoms with Gasteiger partial charge in [-0.05, 0) is 19.3 Å². The van der Waals surface area contributed by atoms with Gasteiger partial charge in [-0.2, -0.15) is 0 Å². The molecule has 0 radical (unpaired) electrons. The number of amides is 2. The lowest BCUT2D eigenvalue weighted by Gasteiger charge is -2.36. The van der Waals surface area contributed by atoms with Gasteiger partial charge in [-0.25, -0.2) is 0 Å². The first-order valence-electron chi connectivity index (χ1n) is 4.86. The van der Waals surface area contributed by atoms with Gasteiger partial charge in [0.2, 0.25) is 11.8 Å². The first-order valence-corrected chi connectivity index (χ1v) is 4.86. The van der Waals surface area contributed by atoms with Crippen LogP contribution in [0.5, 0.6) is 0 Å². The Morgan fingerprint density at radius 3 is 2.29 bits per heavy atom. The van der Waals surface area contributed by atoms with Crippen molar-refractivity contribution in [2.24, 2.45) is 5.73 Å². The Balaban J connectivity index is 2.12. The number of rotatable bonds is 4. The van der Waals surface area contributed by atoms with Crippen molar-refractivity contribution in [1.29, 1.82) is 0 Å². The molecule has 0 unspecified atom stereocenters. The lowest BCUT2D eigenvalue weighted by atomic mass is 9.77. The minimum Gasteiger partial charge on any atom is -0.355 e. The summed E-state index contributed by atoms with van der Waals surface area (Å²) in [6.45, 7) is 2.34.